The Balaban J connectivity index is 1.66. The van der Waals surface area contributed by atoms with Crippen LogP contribution in [0, 0.1) is 16.4 Å². The van der Waals surface area contributed by atoms with Gasteiger partial charge in [-0.05, 0) is 55.2 Å². The second-order valence-corrected chi connectivity index (χ2v) is 13.5. The van der Waals surface area contributed by atoms with Crippen molar-refractivity contribution in [2.24, 2.45) is 0 Å². The van der Waals surface area contributed by atoms with Gasteiger partial charge in [0.2, 0.25) is 15.8 Å². The summed E-state index contributed by atoms with van der Waals surface area (Å²) in [6.07, 6.45) is 5.47. The first-order chi connectivity index (χ1) is 18.8. The van der Waals surface area contributed by atoms with Crippen LogP contribution in [0.4, 0.5) is 14.5 Å². The fraction of sp³-hybridized carbons (Fsp3) is 0.269. The fourth-order valence-electron chi connectivity index (χ4n) is 4.51. The van der Waals surface area contributed by atoms with Gasteiger partial charge in [-0.25, -0.2) is 35.9 Å². The van der Waals surface area contributed by atoms with Gasteiger partial charge in [0, 0.05) is 29.5 Å². The third-order valence-corrected chi connectivity index (χ3v) is 8.20. The molecule has 2 N–H and O–H groups in total. The van der Waals surface area contributed by atoms with Crippen LogP contribution in [0.25, 0.3) is 22.2 Å². The summed E-state index contributed by atoms with van der Waals surface area (Å²) in [6.45, 7) is 0.490. The van der Waals surface area contributed by atoms with E-state index in [2.05, 4.69) is 10.1 Å². The average Bonchev–Trinajstić information content (AvgIpc) is 3.29. The predicted molar refractivity (Wildman–Crippen MR) is 145 cm³/mol. The minimum atomic E-state index is -4.04. The highest BCUT2D eigenvalue weighted by Crippen LogP contribution is 2.32. The molecule has 2 aromatic heterocycles. The number of nitrogens with zero attached hydrogens (tertiary/aromatic N) is 3. The Morgan fingerprint density at radius 1 is 1.07 bits per heavy atom. The Bertz CT molecular complexity index is 1850. The summed E-state index contributed by atoms with van der Waals surface area (Å²) in [4.78, 5) is 18.6. The van der Waals surface area contributed by atoms with Gasteiger partial charge in [-0.2, -0.15) is 5.10 Å². The van der Waals surface area contributed by atoms with Gasteiger partial charge < -0.3 is 4.74 Å². The molecule has 1 aliphatic heterocycles. The van der Waals surface area contributed by atoms with Gasteiger partial charge in [-0.3, -0.25) is 9.52 Å². The second kappa shape index (κ2) is 10.3. The highest BCUT2D eigenvalue weighted by Gasteiger charge is 2.29. The van der Waals surface area contributed by atoms with Crippen molar-refractivity contribution >= 4 is 42.3 Å². The number of anilines is 1. The third-order valence-electron chi connectivity index (χ3n) is 6.45. The van der Waals surface area contributed by atoms with E-state index in [0.29, 0.717) is 34.7 Å². The monoisotopic (exact) mass is 589 g/mol. The summed E-state index contributed by atoms with van der Waals surface area (Å²) in [5.74, 6) is -3.45. The Morgan fingerprint density at radius 3 is 2.42 bits per heavy atom. The summed E-state index contributed by atoms with van der Waals surface area (Å²) in [5.41, 5.74) is -0.164. The van der Waals surface area contributed by atoms with E-state index in [0.717, 1.165) is 31.2 Å². The molecular formula is C26H25F2N5O5S2. The molecule has 0 spiro atoms. The van der Waals surface area contributed by atoms with Crippen LogP contribution in [-0.2, 0) is 24.5 Å². The molecule has 0 radical (unpaired) electrons. The highest BCUT2D eigenvalue weighted by atomic mass is 32.2. The van der Waals surface area contributed by atoms with Crippen LogP contribution in [0.15, 0.2) is 53.6 Å². The topological polar surface area (TPSA) is 144 Å². The predicted octanol–water partition coefficient (Wildman–Crippen LogP) is 4.71. The number of aromatic nitrogens is 3. The van der Waals surface area contributed by atoms with Crippen LogP contribution < -0.4 is 4.72 Å². The molecule has 3 heterocycles. The summed E-state index contributed by atoms with van der Waals surface area (Å²) in [7, 11) is -6.95. The Labute approximate surface area is 229 Å². The van der Waals surface area contributed by atoms with E-state index in [-0.39, 0.29) is 11.1 Å². The summed E-state index contributed by atoms with van der Waals surface area (Å²) < 4.78 is 81.9. The molecule has 1 aliphatic rings. The number of fused-ring (bicyclic) bond motifs is 1. The summed E-state index contributed by atoms with van der Waals surface area (Å²) in [5, 5.41) is 4.74. The molecule has 5 rings (SSSR count). The Hall–Kier alpha value is -3.75. The molecule has 4 aromatic rings. The zero-order chi connectivity index (χ0) is 28.8. The molecular weight excluding hydrogens is 564 g/mol. The van der Waals surface area contributed by atoms with E-state index >= 15 is 4.39 Å². The quantitative estimate of drug-likeness (QED) is 0.297. The lowest BCUT2D eigenvalue weighted by atomic mass is 10.0. The van der Waals surface area contributed by atoms with E-state index in [1.807, 2.05) is 0 Å². The lowest BCUT2D eigenvalue weighted by Crippen LogP contribution is -2.20. The maximum atomic E-state index is 15.3. The van der Waals surface area contributed by atoms with Crippen LogP contribution in [0.1, 0.15) is 41.5 Å². The van der Waals surface area contributed by atoms with Crippen molar-refractivity contribution in [1.82, 2.24) is 14.8 Å². The first-order valence-corrected chi connectivity index (χ1v) is 16.0. The molecule has 10 nitrogen and oxygen atoms in total. The fourth-order valence-corrected chi connectivity index (χ4v) is 5.72. The maximum Gasteiger partial charge on any atom is 0.230 e. The van der Waals surface area contributed by atoms with Crippen LogP contribution in [0.5, 0.6) is 0 Å². The number of carbonyl (C=O) groups is 1. The number of benzene rings is 2. The van der Waals surface area contributed by atoms with Crippen LogP contribution in [-0.4, -0.2) is 52.3 Å². The lowest BCUT2D eigenvalue weighted by Gasteiger charge is -2.23. The van der Waals surface area contributed by atoms with Gasteiger partial charge >= 0.3 is 0 Å². The molecule has 0 bridgehead atoms. The molecule has 210 valence electrons. The number of hydrogen-bond donors (Lipinski definition) is 2. The van der Waals surface area contributed by atoms with Gasteiger partial charge in [0.15, 0.2) is 17.7 Å². The van der Waals surface area contributed by atoms with Gasteiger partial charge in [0.1, 0.15) is 17.2 Å². The molecule has 40 heavy (non-hydrogen) atoms. The zero-order valence-corrected chi connectivity index (χ0v) is 23.1. The van der Waals surface area contributed by atoms with E-state index < -0.39 is 54.6 Å². The molecule has 2 atom stereocenters. The highest BCUT2D eigenvalue weighted by molar-refractivity contribution is 7.92. The number of carbonyl (C=O) groups excluding carboxylic acids is 1. The van der Waals surface area contributed by atoms with Crippen LogP contribution in [0.3, 0.4) is 0 Å². The van der Waals surface area contributed by atoms with Crippen molar-refractivity contribution < 1.29 is 30.9 Å². The smallest absolute Gasteiger partial charge is 0.230 e. The summed E-state index contributed by atoms with van der Waals surface area (Å²) in [6, 6.07) is 9.88. The zero-order valence-electron chi connectivity index (χ0n) is 21.5. The molecule has 1 saturated heterocycles. The number of pyridine rings is 1. The molecule has 2 unspecified atom stereocenters. The van der Waals surface area contributed by atoms with Crippen molar-refractivity contribution in [3.8, 4) is 11.1 Å². The van der Waals surface area contributed by atoms with Gasteiger partial charge in [0.25, 0.3) is 0 Å². The van der Waals surface area contributed by atoms with Crippen molar-refractivity contribution in [1.29, 1.82) is 4.78 Å². The van der Waals surface area contributed by atoms with E-state index in [1.165, 1.54) is 10.9 Å². The van der Waals surface area contributed by atoms with Crippen molar-refractivity contribution in [3.63, 3.8) is 0 Å². The number of ether oxygens (including phenoxy) is 1. The molecule has 2 aromatic carbocycles. The largest absolute Gasteiger partial charge is 0.356 e. The minimum absolute atomic E-state index is 0.173. The molecule has 0 amide bonds. The molecule has 0 saturated carbocycles. The lowest BCUT2D eigenvalue weighted by molar-refractivity contribution is -0.0371. The van der Waals surface area contributed by atoms with Crippen LogP contribution in [0.2, 0.25) is 0 Å². The average molecular weight is 590 g/mol. The van der Waals surface area contributed by atoms with Crippen molar-refractivity contribution in [2.75, 3.05) is 23.8 Å². The number of hydrogen-bond acceptors (Lipinski definition) is 8. The first-order valence-electron chi connectivity index (χ1n) is 12.2. The normalized spacial score (nSPS) is 17.4. The molecule has 14 heteroatoms. The van der Waals surface area contributed by atoms with E-state index in [1.54, 1.807) is 41.3 Å². The van der Waals surface area contributed by atoms with Crippen LogP contribution >= 0.6 is 0 Å². The number of ketones is 1. The standard InChI is InChI=1S/C26H25F2N5O5S2/c1-39(29,35)17-8-6-15(7-9-17)16-13-19-23(31-33(26(19)30-14-16)21-5-3-4-12-38-21)25(34)18-10-11-20(27)24(22(18)28)32-40(2,36)37/h6-11,13-14,21,29,32H,3-5,12H2,1-2H3. The number of nitrogens with one attached hydrogen (secondary N) is 2. The van der Waals surface area contributed by atoms with Crippen molar-refractivity contribution in [3.05, 3.63) is 71.6 Å². The number of rotatable bonds is 7. The van der Waals surface area contributed by atoms with E-state index in [9.17, 15) is 21.8 Å². The van der Waals surface area contributed by atoms with Gasteiger partial charge in [0.05, 0.1) is 26.9 Å². The first kappa shape index (κ1) is 27.8. The SMILES string of the molecule is CS(=N)(=O)c1ccc(-c2cnc3c(c2)c(C(=O)c2ccc(F)c(NS(C)(=O)=O)c2F)nn3C2CCCCO2)cc1. The third kappa shape index (κ3) is 5.46. The van der Waals surface area contributed by atoms with Crippen molar-refractivity contribution in [2.45, 2.75) is 30.4 Å². The maximum absolute atomic E-state index is 15.3. The second-order valence-electron chi connectivity index (χ2n) is 9.56. The van der Waals surface area contributed by atoms with Gasteiger partial charge in [-0.1, -0.05) is 12.1 Å². The molecule has 0 aliphatic carbocycles. The van der Waals surface area contributed by atoms with Gasteiger partial charge in [-0.15, -0.1) is 0 Å². The number of halogens is 2. The minimum Gasteiger partial charge on any atom is -0.356 e. The Morgan fingerprint density at radius 2 is 1.80 bits per heavy atom. The summed E-state index contributed by atoms with van der Waals surface area (Å²) >= 11 is 0. The molecule has 1 fully saturated rings. The number of sulfonamides is 1. The van der Waals surface area contributed by atoms with E-state index in [4.69, 9.17) is 9.52 Å². The Kier molecular flexibility index (Phi) is 7.18.